The second kappa shape index (κ2) is 12.0. The van der Waals surface area contributed by atoms with Crippen LogP contribution in [-0.4, -0.2) is 44.8 Å². The molecule has 3 rings (SSSR count). The predicted octanol–water partition coefficient (Wildman–Crippen LogP) is 5.01. The monoisotopic (exact) mass is 567 g/mol. The van der Waals surface area contributed by atoms with Crippen molar-refractivity contribution in [2.75, 3.05) is 17.9 Å². The lowest BCUT2D eigenvalue weighted by Crippen LogP contribution is -2.50. The molecule has 7 nitrogen and oxygen atoms in total. The maximum absolute atomic E-state index is 13.7. The summed E-state index contributed by atoms with van der Waals surface area (Å²) in [6.07, 6.45) is 0. The summed E-state index contributed by atoms with van der Waals surface area (Å²) in [5, 5.41) is 3.44. The molecule has 1 unspecified atom stereocenters. The molecule has 0 aliphatic heterocycles. The van der Waals surface area contributed by atoms with E-state index < -0.39 is 34.4 Å². The minimum Gasteiger partial charge on any atom is -0.357 e. The lowest BCUT2D eigenvalue weighted by Gasteiger charge is -2.32. The van der Waals surface area contributed by atoms with Crippen LogP contribution in [0.1, 0.15) is 12.5 Å². The number of rotatable bonds is 9. The van der Waals surface area contributed by atoms with Crippen LogP contribution in [0, 0.1) is 0 Å². The van der Waals surface area contributed by atoms with Gasteiger partial charge in [0.2, 0.25) is 11.8 Å². The Balaban J connectivity index is 2.06. The van der Waals surface area contributed by atoms with Crippen molar-refractivity contribution >= 4 is 62.3 Å². The van der Waals surface area contributed by atoms with E-state index in [1.165, 1.54) is 43.1 Å². The molecule has 0 radical (unpaired) electrons. The highest BCUT2D eigenvalue weighted by Gasteiger charge is 2.32. The van der Waals surface area contributed by atoms with Gasteiger partial charge in [0.15, 0.2) is 0 Å². The largest absolute Gasteiger partial charge is 0.357 e. The predicted molar refractivity (Wildman–Crippen MR) is 143 cm³/mol. The lowest BCUT2D eigenvalue weighted by molar-refractivity contribution is -0.139. The molecular formula is C25H24Cl3N3O4S. The van der Waals surface area contributed by atoms with Crippen LogP contribution >= 0.6 is 34.8 Å². The summed E-state index contributed by atoms with van der Waals surface area (Å²) in [6, 6.07) is 17.9. The number of benzene rings is 3. The Bertz CT molecular complexity index is 1330. The molecule has 0 aliphatic carbocycles. The third-order valence-electron chi connectivity index (χ3n) is 5.51. The molecule has 3 aromatic rings. The number of likely N-dealkylation sites (N-methyl/N-ethyl adjacent to an activating group) is 1. The first-order chi connectivity index (χ1) is 17.1. The van der Waals surface area contributed by atoms with Gasteiger partial charge in [-0.25, -0.2) is 8.42 Å². The molecule has 0 fully saturated rings. The number of hydrogen-bond donors (Lipinski definition) is 1. The first kappa shape index (κ1) is 27.8. The van der Waals surface area contributed by atoms with Gasteiger partial charge in [-0.15, -0.1) is 0 Å². The molecule has 1 atom stereocenters. The number of sulfonamides is 1. The van der Waals surface area contributed by atoms with Gasteiger partial charge < -0.3 is 10.2 Å². The highest BCUT2D eigenvalue weighted by Crippen LogP contribution is 2.29. The highest BCUT2D eigenvalue weighted by atomic mass is 35.5. The van der Waals surface area contributed by atoms with Crippen molar-refractivity contribution in [2.24, 2.45) is 0 Å². The Morgan fingerprint density at radius 3 is 2.11 bits per heavy atom. The quantitative estimate of drug-likeness (QED) is 0.393. The Hall–Kier alpha value is -2.78. The van der Waals surface area contributed by atoms with Crippen molar-refractivity contribution in [2.45, 2.75) is 24.4 Å². The van der Waals surface area contributed by atoms with E-state index in [-0.39, 0.29) is 17.1 Å². The molecule has 11 heteroatoms. The maximum Gasteiger partial charge on any atom is 0.264 e. The van der Waals surface area contributed by atoms with Crippen molar-refractivity contribution < 1.29 is 18.0 Å². The fourth-order valence-electron chi connectivity index (χ4n) is 3.52. The smallest absolute Gasteiger partial charge is 0.264 e. The number of amides is 2. The summed E-state index contributed by atoms with van der Waals surface area (Å²) < 4.78 is 28.2. The number of halogens is 3. The van der Waals surface area contributed by atoms with E-state index in [4.69, 9.17) is 34.8 Å². The Morgan fingerprint density at radius 2 is 1.53 bits per heavy atom. The van der Waals surface area contributed by atoms with Crippen LogP contribution in [0.15, 0.2) is 77.7 Å². The molecule has 3 aromatic carbocycles. The molecule has 190 valence electrons. The fraction of sp³-hybridized carbons (Fsp3) is 0.200. The van der Waals surface area contributed by atoms with Crippen molar-refractivity contribution in [1.29, 1.82) is 0 Å². The number of nitrogens with one attached hydrogen (secondary N) is 1. The zero-order valence-electron chi connectivity index (χ0n) is 19.5. The van der Waals surface area contributed by atoms with Gasteiger partial charge in [-0.3, -0.25) is 13.9 Å². The van der Waals surface area contributed by atoms with E-state index in [0.717, 1.165) is 4.31 Å². The van der Waals surface area contributed by atoms with Gasteiger partial charge >= 0.3 is 0 Å². The molecule has 2 amide bonds. The van der Waals surface area contributed by atoms with E-state index in [0.29, 0.717) is 20.6 Å². The van der Waals surface area contributed by atoms with Crippen LogP contribution in [0.4, 0.5) is 5.69 Å². The van der Waals surface area contributed by atoms with Gasteiger partial charge in [0, 0.05) is 34.2 Å². The topological polar surface area (TPSA) is 86.8 Å². The zero-order valence-corrected chi connectivity index (χ0v) is 22.6. The van der Waals surface area contributed by atoms with Crippen molar-refractivity contribution in [3.8, 4) is 0 Å². The summed E-state index contributed by atoms with van der Waals surface area (Å²) in [5.74, 6) is -1.08. The van der Waals surface area contributed by atoms with Crippen LogP contribution < -0.4 is 9.62 Å². The van der Waals surface area contributed by atoms with E-state index in [9.17, 15) is 18.0 Å². The first-order valence-corrected chi connectivity index (χ1v) is 13.4. The third kappa shape index (κ3) is 6.31. The van der Waals surface area contributed by atoms with Crippen LogP contribution in [0.5, 0.6) is 0 Å². The maximum atomic E-state index is 13.7. The second-order valence-electron chi connectivity index (χ2n) is 7.82. The van der Waals surface area contributed by atoms with Crippen LogP contribution in [0.3, 0.4) is 0 Å². The number of carbonyl (C=O) groups excluding carboxylic acids is 2. The van der Waals surface area contributed by atoms with Crippen molar-refractivity contribution in [1.82, 2.24) is 10.2 Å². The number of nitrogens with zero attached hydrogens (tertiary/aromatic N) is 2. The van der Waals surface area contributed by atoms with Crippen molar-refractivity contribution in [3.05, 3.63) is 93.4 Å². The fourth-order valence-corrected chi connectivity index (χ4v) is 5.65. The van der Waals surface area contributed by atoms with Gasteiger partial charge in [0.25, 0.3) is 10.0 Å². The molecule has 36 heavy (non-hydrogen) atoms. The van der Waals surface area contributed by atoms with Crippen molar-refractivity contribution in [3.63, 3.8) is 0 Å². The highest BCUT2D eigenvalue weighted by molar-refractivity contribution is 7.92. The summed E-state index contributed by atoms with van der Waals surface area (Å²) in [6.45, 7) is 0.832. The molecular weight excluding hydrogens is 545 g/mol. The number of carbonyl (C=O) groups is 2. The van der Waals surface area contributed by atoms with Crippen LogP contribution in [0.25, 0.3) is 0 Å². The van der Waals surface area contributed by atoms with E-state index in [1.807, 2.05) is 0 Å². The Labute approximate surface area is 225 Å². The molecule has 0 saturated heterocycles. The van der Waals surface area contributed by atoms with Crippen LogP contribution in [-0.2, 0) is 26.2 Å². The van der Waals surface area contributed by atoms with Gasteiger partial charge in [0.1, 0.15) is 12.6 Å². The Morgan fingerprint density at radius 1 is 0.917 bits per heavy atom. The minimum absolute atomic E-state index is 0.00202. The summed E-state index contributed by atoms with van der Waals surface area (Å²) in [5.41, 5.74) is 0.633. The van der Waals surface area contributed by atoms with Gasteiger partial charge in [-0.2, -0.15) is 0 Å². The zero-order chi connectivity index (χ0) is 26.5. The normalized spacial score (nSPS) is 12.0. The molecule has 1 N–H and O–H groups in total. The van der Waals surface area contributed by atoms with Gasteiger partial charge in [-0.05, 0) is 49.4 Å². The third-order valence-corrected chi connectivity index (χ3v) is 8.24. The molecule has 0 bridgehead atoms. The molecule has 0 saturated carbocycles. The minimum atomic E-state index is -4.17. The average Bonchev–Trinajstić information content (AvgIpc) is 2.86. The standard InChI is InChI=1S/C25H24Cl3N3O4S/c1-17(25(33)29-2)30(15-21-22(27)12-7-13-23(21)28)24(32)16-31(19-9-6-8-18(26)14-19)36(34,35)20-10-4-3-5-11-20/h3-14,17H,15-16H2,1-2H3,(H,29,33). The molecule has 0 aromatic heterocycles. The second-order valence-corrected chi connectivity index (χ2v) is 10.9. The summed E-state index contributed by atoms with van der Waals surface area (Å²) in [4.78, 5) is 27.5. The molecule has 0 aliphatic rings. The van der Waals surface area contributed by atoms with E-state index in [2.05, 4.69) is 5.32 Å². The average molecular weight is 569 g/mol. The molecule has 0 spiro atoms. The lowest BCUT2D eigenvalue weighted by atomic mass is 10.1. The molecule has 0 heterocycles. The van der Waals surface area contributed by atoms with Gasteiger partial charge in [-0.1, -0.05) is 65.1 Å². The van der Waals surface area contributed by atoms with E-state index >= 15 is 0 Å². The summed E-state index contributed by atoms with van der Waals surface area (Å²) >= 11 is 18.8. The number of hydrogen-bond acceptors (Lipinski definition) is 4. The SMILES string of the molecule is CNC(=O)C(C)N(Cc1c(Cl)cccc1Cl)C(=O)CN(c1cccc(Cl)c1)S(=O)(=O)c1ccccc1. The van der Waals surface area contributed by atoms with E-state index in [1.54, 1.807) is 48.5 Å². The Kier molecular flexibility index (Phi) is 9.24. The van der Waals surface area contributed by atoms with Crippen LogP contribution in [0.2, 0.25) is 15.1 Å². The number of anilines is 1. The summed E-state index contributed by atoms with van der Waals surface area (Å²) in [7, 11) is -2.72. The first-order valence-electron chi connectivity index (χ1n) is 10.8. The van der Waals surface area contributed by atoms with Gasteiger partial charge in [0.05, 0.1) is 10.6 Å².